The van der Waals surface area contributed by atoms with Crippen LogP contribution < -0.4 is 0 Å². The van der Waals surface area contributed by atoms with Crippen LogP contribution in [-0.4, -0.2) is 25.5 Å². The van der Waals surface area contributed by atoms with Crippen LogP contribution in [0.2, 0.25) is 0 Å². The highest BCUT2D eigenvalue weighted by molar-refractivity contribution is 4.58. The summed E-state index contributed by atoms with van der Waals surface area (Å²) in [4.78, 5) is 2.24. The van der Waals surface area contributed by atoms with Crippen LogP contribution in [0, 0.1) is 11.8 Å². The molecule has 0 aromatic heterocycles. The van der Waals surface area contributed by atoms with E-state index in [0.717, 1.165) is 11.8 Å². The standard InChI is InChI=1S/C8H19N/c1-7(2)8(3)6-9(4)5/h7-8H,6H2,1-5H3. The van der Waals surface area contributed by atoms with E-state index < -0.39 is 0 Å². The van der Waals surface area contributed by atoms with Gasteiger partial charge in [0.15, 0.2) is 0 Å². The topological polar surface area (TPSA) is 3.24 Å². The first-order valence-corrected chi connectivity index (χ1v) is 3.68. The van der Waals surface area contributed by atoms with Crippen molar-refractivity contribution in [2.75, 3.05) is 20.6 Å². The van der Waals surface area contributed by atoms with E-state index in [1.165, 1.54) is 6.54 Å². The quantitative estimate of drug-likeness (QED) is 0.562. The van der Waals surface area contributed by atoms with E-state index in [4.69, 9.17) is 0 Å². The second-order valence-corrected chi connectivity index (χ2v) is 3.48. The van der Waals surface area contributed by atoms with Crippen LogP contribution in [0.1, 0.15) is 20.8 Å². The highest BCUT2D eigenvalue weighted by atomic mass is 15.1. The molecule has 0 saturated carbocycles. The van der Waals surface area contributed by atoms with E-state index in [-0.39, 0.29) is 0 Å². The highest BCUT2D eigenvalue weighted by Crippen LogP contribution is 2.09. The van der Waals surface area contributed by atoms with Crippen LogP contribution in [0.25, 0.3) is 0 Å². The maximum absolute atomic E-state index is 2.30. The molecule has 0 spiro atoms. The van der Waals surface area contributed by atoms with Gasteiger partial charge in [0.05, 0.1) is 0 Å². The summed E-state index contributed by atoms with van der Waals surface area (Å²) < 4.78 is 0. The largest absolute Gasteiger partial charge is 0.309 e. The fourth-order valence-corrected chi connectivity index (χ4v) is 0.787. The molecule has 9 heavy (non-hydrogen) atoms. The maximum atomic E-state index is 2.30. The van der Waals surface area contributed by atoms with Crippen LogP contribution in [0.15, 0.2) is 0 Å². The molecule has 0 aromatic carbocycles. The van der Waals surface area contributed by atoms with Crippen molar-refractivity contribution < 1.29 is 0 Å². The van der Waals surface area contributed by atoms with Crippen molar-refractivity contribution in [1.82, 2.24) is 4.90 Å². The second-order valence-electron chi connectivity index (χ2n) is 3.48. The number of hydrogen-bond donors (Lipinski definition) is 0. The normalized spacial score (nSPS) is 15.0. The predicted molar refractivity (Wildman–Crippen MR) is 42.6 cm³/mol. The molecule has 0 aromatic rings. The van der Waals surface area contributed by atoms with Gasteiger partial charge >= 0.3 is 0 Å². The minimum atomic E-state index is 0.812. The molecule has 0 aliphatic carbocycles. The molecule has 1 heteroatoms. The summed E-state index contributed by atoms with van der Waals surface area (Å²) >= 11 is 0. The average molecular weight is 129 g/mol. The predicted octanol–water partition coefficient (Wildman–Crippen LogP) is 1.84. The lowest BCUT2D eigenvalue weighted by Gasteiger charge is -2.19. The van der Waals surface area contributed by atoms with Crippen molar-refractivity contribution in [3.8, 4) is 0 Å². The first-order chi connectivity index (χ1) is 4.04. The van der Waals surface area contributed by atoms with E-state index in [0.29, 0.717) is 0 Å². The zero-order valence-corrected chi connectivity index (χ0v) is 7.31. The molecule has 0 bridgehead atoms. The highest BCUT2D eigenvalue weighted by Gasteiger charge is 2.06. The molecule has 0 rings (SSSR count). The zero-order chi connectivity index (χ0) is 7.44. The zero-order valence-electron chi connectivity index (χ0n) is 7.31. The average Bonchev–Trinajstić information content (AvgIpc) is 1.63. The molecule has 0 amide bonds. The Hall–Kier alpha value is -0.0400. The third-order valence-electron chi connectivity index (χ3n) is 1.79. The van der Waals surface area contributed by atoms with Crippen LogP contribution in [0.3, 0.4) is 0 Å². The maximum Gasteiger partial charge on any atom is 0.000336 e. The third-order valence-corrected chi connectivity index (χ3v) is 1.79. The van der Waals surface area contributed by atoms with Gasteiger partial charge in [-0.2, -0.15) is 0 Å². The molecular weight excluding hydrogens is 110 g/mol. The summed E-state index contributed by atoms with van der Waals surface area (Å²) in [6.07, 6.45) is 0. The molecule has 0 heterocycles. The summed E-state index contributed by atoms with van der Waals surface area (Å²) in [5, 5.41) is 0. The molecule has 0 radical (unpaired) electrons. The second kappa shape index (κ2) is 3.89. The van der Waals surface area contributed by atoms with Gasteiger partial charge < -0.3 is 4.90 Å². The van der Waals surface area contributed by atoms with Crippen LogP contribution in [-0.2, 0) is 0 Å². The molecule has 0 N–H and O–H groups in total. The van der Waals surface area contributed by atoms with Crippen molar-refractivity contribution in [2.24, 2.45) is 11.8 Å². The molecule has 56 valence electrons. The lowest BCUT2D eigenvalue weighted by molar-refractivity contribution is 0.287. The van der Waals surface area contributed by atoms with Gasteiger partial charge in [0.2, 0.25) is 0 Å². The Morgan fingerprint density at radius 2 is 1.56 bits per heavy atom. The molecule has 0 fully saturated rings. The minimum absolute atomic E-state index is 0.812. The Bertz CT molecular complexity index is 67.0. The Kier molecular flexibility index (Phi) is 3.87. The van der Waals surface area contributed by atoms with Gasteiger partial charge in [-0.25, -0.2) is 0 Å². The summed E-state index contributed by atoms with van der Waals surface area (Å²) in [6.45, 7) is 8.05. The van der Waals surface area contributed by atoms with Crippen LogP contribution >= 0.6 is 0 Å². The van der Waals surface area contributed by atoms with Crippen molar-refractivity contribution in [3.63, 3.8) is 0 Å². The number of hydrogen-bond acceptors (Lipinski definition) is 1. The van der Waals surface area contributed by atoms with Crippen molar-refractivity contribution in [3.05, 3.63) is 0 Å². The Morgan fingerprint density at radius 3 is 1.67 bits per heavy atom. The lowest BCUT2D eigenvalue weighted by atomic mass is 9.98. The van der Waals surface area contributed by atoms with Gasteiger partial charge in [0, 0.05) is 6.54 Å². The third kappa shape index (κ3) is 4.46. The molecule has 1 nitrogen and oxygen atoms in total. The van der Waals surface area contributed by atoms with Gasteiger partial charge in [-0.1, -0.05) is 20.8 Å². The lowest BCUT2D eigenvalue weighted by Crippen LogP contribution is -2.22. The number of rotatable bonds is 3. The summed E-state index contributed by atoms with van der Waals surface area (Å²) in [5.74, 6) is 1.63. The molecule has 1 unspecified atom stereocenters. The van der Waals surface area contributed by atoms with Gasteiger partial charge in [-0.05, 0) is 25.9 Å². The van der Waals surface area contributed by atoms with Gasteiger partial charge in [0.1, 0.15) is 0 Å². The minimum Gasteiger partial charge on any atom is -0.309 e. The Labute approximate surface area is 59.1 Å². The smallest absolute Gasteiger partial charge is 0.000336 e. The fourth-order valence-electron chi connectivity index (χ4n) is 0.787. The van der Waals surface area contributed by atoms with E-state index in [9.17, 15) is 0 Å². The summed E-state index contributed by atoms with van der Waals surface area (Å²) in [6, 6.07) is 0. The Balaban J connectivity index is 3.38. The van der Waals surface area contributed by atoms with E-state index >= 15 is 0 Å². The first kappa shape index (κ1) is 8.96. The molecule has 1 atom stereocenters. The summed E-state index contributed by atoms with van der Waals surface area (Å²) in [5.41, 5.74) is 0. The van der Waals surface area contributed by atoms with Gasteiger partial charge in [-0.15, -0.1) is 0 Å². The molecular formula is C8H19N. The van der Waals surface area contributed by atoms with Crippen LogP contribution in [0.4, 0.5) is 0 Å². The first-order valence-electron chi connectivity index (χ1n) is 3.68. The van der Waals surface area contributed by atoms with Gasteiger partial charge in [0.25, 0.3) is 0 Å². The van der Waals surface area contributed by atoms with Crippen LogP contribution in [0.5, 0.6) is 0 Å². The SMILES string of the molecule is CC(C)C(C)CN(C)C. The summed E-state index contributed by atoms with van der Waals surface area (Å²) in [7, 11) is 4.25. The van der Waals surface area contributed by atoms with E-state index in [2.05, 4.69) is 39.8 Å². The number of nitrogens with zero attached hydrogens (tertiary/aromatic N) is 1. The molecule has 0 aliphatic rings. The van der Waals surface area contributed by atoms with Gasteiger partial charge in [-0.3, -0.25) is 0 Å². The molecule has 0 saturated heterocycles. The van der Waals surface area contributed by atoms with Crippen molar-refractivity contribution in [1.29, 1.82) is 0 Å². The fraction of sp³-hybridized carbons (Fsp3) is 1.00. The monoisotopic (exact) mass is 129 g/mol. The van der Waals surface area contributed by atoms with E-state index in [1.807, 2.05) is 0 Å². The molecule has 0 aliphatic heterocycles. The van der Waals surface area contributed by atoms with Crippen molar-refractivity contribution in [2.45, 2.75) is 20.8 Å². The van der Waals surface area contributed by atoms with E-state index in [1.54, 1.807) is 0 Å². The Morgan fingerprint density at radius 1 is 1.11 bits per heavy atom. The van der Waals surface area contributed by atoms with Crippen molar-refractivity contribution >= 4 is 0 Å².